The van der Waals surface area contributed by atoms with Crippen LogP contribution in [0.5, 0.6) is 0 Å². The summed E-state index contributed by atoms with van der Waals surface area (Å²) in [5.74, 6) is -0.678. The zero-order chi connectivity index (χ0) is 17.1. The molecule has 4 N–H and O–H groups in total. The Balaban J connectivity index is 2.73. The lowest BCUT2D eigenvalue weighted by Gasteiger charge is -2.15. The molecule has 0 amide bonds. The van der Waals surface area contributed by atoms with E-state index in [1.807, 2.05) is 0 Å². The Labute approximate surface area is 142 Å². The van der Waals surface area contributed by atoms with E-state index in [9.17, 15) is 20.1 Å². The molecular weight excluding hydrogens is 345 g/mol. The molecular formula is C15H15Cl2NO5. The van der Waals surface area contributed by atoms with Crippen LogP contribution in [0.3, 0.4) is 0 Å². The van der Waals surface area contributed by atoms with Crippen LogP contribution < -0.4 is 0 Å². The van der Waals surface area contributed by atoms with Crippen LogP contribution in [-0.2, 0) is 24.6 Å². The lowest BCUT2D eigenvalue weighted by molar-refractivity contribution is 0.0595. The molecule has 0 atom stereocenters. The third-order valence-electron chi connectivity index (χ3n) is 3.57. The summed E-state index contributed by atoms with van der Waals surface area (Å²) in [5, 5.41) is 28.7. The van der Waals surface area contributed by atoms with Gasteiger partial charge in [-0.1, -0.05) is 35.3 Å². The molecule has 124 valence electrons. The number of aromatic nitrogens is 1. The highest BCUT2D eigenvalue weighted by molar-refractivity contribution is 6.41. The summed E-state index contributed by atoms with van der Waals surface area (Å²) in [6, 6.07) is 3.20. The smallest absolute Gasteiger partial charge is 0.356 e. The second-order valence-corrected chi connectivity index (χ2v) is 5.45. The first-order valence-electron chi connectivity index (χ1n) is 6.61. The number of ether oxygens (including phenoxy) is 1. The van der Waals surface area contributed by atoms with E-state index in [2.05, 4.69) is 9.72 Å². The molecule has 0 unspecified atom stereocenters. The average molecular weight is 360 g/mol. The van der Waals surface area contributed by atoms with E-state index >= 15 is 0 Å². The van der Waals surface area contributed by atoms with Crippen molar-refractivity contribution in [2.45, 2.75) is 19.8 Å². The third-order valence-corrected chi connectivity index (χ3v) is 4.23. The predicted octanol–water partition coefficient (Wildman–Crippen LogP) is 2.25. The minimum absolute atomic E-state index is 0.00478. The first-order chi connectivity index (χ1) is 11.0. The van der Waals surface area contributed by atoms with Gasteiger partial charge in [-0.25, -0.2) is 4.79 Å². The van der Waals surface area contributed by atoms with Crippen molar-refractivity contribution in [2.75, 3.05) is 7.11 Å². The number of aliphatic hydroxyl groups excluding tert-OH is 3. The molecule has 0 saturated heterocycles. The van der Waals surface area contributed by atoms with Gasteiger partial charge in [-0.15, -0.1) is 0 Å². The van der Waals surface area contributed by atoms with Crippen molar-refractivity contribution in [3.05, 3.63) is 44.7 Å². The number of rotatable bonds is 5. The van der Waals surface area contributed by atoms with Crippen molar-refractivity contribution in [3.8, 4) is 11.1 Å². The first-order valence-corrected chi connectivity index (χ1v) is 7.37. The van der Waals surface area contributed by atoms with Crippen LogP contribution in [0, 0.1) is 0 Å². The van der Waals surface area contributed by atoms with Gasteiger partial charge in [0.2, 0.25) is 0 Å². The number of esters is 1. The van der Waals surface area contributed by atoms with Crippen molar-refractivity contribution in [1.82, 2.24) is 4.98 Å². The van der Waals surface area contributed by atoms with Gasteiger partial charge in [0.05, 0.1) is 32.0 Å². The van der Waals surface area contributed by atoms with Gasteiger partial charge in [-0.3, -0.25) is 0 Å². The van der Waals surface area contributed by atoms with E-state index in [0.29, 0.717) is 27.8 Å². The van der Waals surface area contributed by atoms with E-state index in [1.54, 1.807) is 12.1 Å². The van der Waals surface area contributed by atoms with Crippen LogP contribution in [-0.4, -0.2) is 33.4 Å². The summed E-state index contributed by atoms with van der Waals surface area (Å²) in [5.41, 5.74) is 2.01. The molecule has 1 aromatic heterocycles. The highest BCUT2D eigenvalue weighted by Crippen LogP contribution is 2.40. The summed E-state index contributed by atoms with van der Waals surface area (Å²) < 4.78 is 4.62. The molecule has 2 aromatic rings. The summed E-state index contributed by atoms with van der Waals surface area (Å²) in [6.45, 7) is -1.06. The molecule has 8 heteroatoms. The molecule has 0 aliphatic heterocycles. The lowest BCUT2D eigenvalue weighted by atomic mass is 9.93. The number of aliphatic hydroxyl groups is 3. The summed E-state index contributed by atoms with van der Waals surface area (Å²) in [6.07, 6.45) is 0. The highest BCUT2D eigenvalue weighted by Gasteiger charge is 2.24. The number of nitrogens with one attached hydrogen (secondary N) is 1. The minimum Gasteiger partial charge on any atom is -0.464 e. The second kappa shape index (κ2) is 7.33. The Bertz CT molecular complexity index is 742. The number of H-pyrrole nitrogens is 1. The fourth-order valence-electron chi connectivity index (χ4n) is 2.43. The summed E-state index contributed by atoms with van der Waals surface area (Å²) >= 11 is 12.4. The maximum atomic E-state index is 11.7. The summed E-state index contributed by atoms with van der Waals surface area (Å²) in [7, 11) is 1.21. The molecule has 0 bridgehead atoms. The van der Waals surface area contributed by atoms with Crippen molar-refractivity contribution >= 4 is 29.2 Å². The standard InChI is InChI=1S/C15H15Cl2NO5/c1-23-15(22)13-12(16)11(14(17)18-13)8-3-2-7(4-19)9(5-20)10(8)6-21/h2-3,18-21H,4-6H2,1H3. The first kappa shape index (κ1) is 17.8. The Morgan fingerprint density at radius 2 is 1.78 bits per heavy atom. The van der Waals surface area contributed by atoms with E-state index in [4.69, 9.17) is 23.2 Å². The number of halogens is 2. The SMILES string of the molecule is COC(=O)c1[nH]c(Cl)c(-c2ccc(CO)c(CO)c2CO)c1Cl. The molecule has 1 heterocycles. The van der Waals surface area contributed by atoms with Crippen molar-refractivity contribution in [1.29, 1.82) is 0 Å². The van der Waals surface area contributed by atoms with E-state index in [1.165, 1.54) is 7.11 Å². The molecule has 0 fully saturated rings. The normalized spacial score (nSPS) is 10.9. The van der Waals surface area contributed by atoms with Crippen LogP contribution in [0.1, 0.15) is 27.2 Å². The monoisotopic (exact) mass is 359 g/mol. The van der Waals surface area contributed by atoms with Crippen LogP contribution in [0.15, 0.2) is 12.1 Å². The molecule has 2 rings (SSSR count). The maximum absolute atomic E-state index is 11.7. The number of hydrogen-bond donors (Lipinski definition) is 4. The Kier molecular flexibility index (Phi) is 5.67. The molecule has 23 heavy (non-hydrogen) atoms. The van der Waals surface area contributed by atoms with Crippen LogP contribution in [0.4, 0.5) is 0 Å². The molecule has 0 aliphatic rings. The van der Waals surface area contributed by atoms with Crippen LogP contribution in [0.2, 0.25) is 10.2 Å². The average Bonchev–Trinajstić information content (AvgIpc) is 2.86. The Hall–Kier alpha value is -1.57. The zero-order valence-corrected chi connectivity index (χ0v) is 13.7. The number of hydrogen-bond acceptors (Lipinski definition) is 5. The molecule has 0 saturated carbocycles. The maximum Gasteiger partial charge on any atom is 0.356 e. The Morgan fingerprint density at radius 1 is 1.13 bits per heavy atom. The molecule has 6 nitrogen and oxygen atoms in total. The highest BCUT2D eigenvalue weighted by atomic mass is 35.5. The predicted molar refractivity (Wildman–Crippen MR) is 85.4 cm³/mol. The number of carbonyl (C=O) groups excluding carboxylic acids is 1. The zero-order valence-electron chi connectivity index (χ0n) is 12.2. The van der Waals surface area contributed by atoms with Crippen LogP contribution >= 0.6 is 23.2 Å². The van der Waals surface area contributed by atoms with Gasteiger partial charge in [0, 0.05) is 5.56 Å². The molecule has 0 spiro atoms. The van der Waals surface area contributed by atoms with Gasteiger partial charge in [-0.2, -0.15) is 0 Å². The molecule has 1 aromatic carbocycles. The fraction of sp³-hybridized carbons (Fsp3) is 0.267. The quantitative estimate of drug-likeness (QED) is 0.613. The van der Waals surface area contributed by atoms with E-state index in [0.717, 1.165) is 0 Å². The van der Waals surface area contributed by atoms with Crippen molar-refractivity contribution < 1.29 is 24.9 Å². The number of methoxy groups -OCH3 is 1. The minimum atomic E-state index is -0.678. The van der Waals surface area contributed by atoms with Gasteiger partial charge in [0.25, 0.3) is 0 Å². The van der Waals surface area contributed by atoms with Gasteiger partial charge in [0.1, 0.15) is 10.8 Å². The van der Waals surface area contributed by atoms with Gasteiger partial charge >= 0.3 is 5.97 Å². The van der Waals surface area contributed by atoms with E-state index < -0.39 is 12.6 Å². The number of aromatic amines is 1. The van der Waals surface area contributed by atoms with Gasteiger partial charge in [0.15, 0.2) is 0 Å². The topological polar surface area (TPSA) is 103 Å². The Morgan fingerprint density at radius 3 is 2.30 bits per heavy atom. The van der Waals surface area contributed by atoms with Crippen LogP contribution in [0.25, 0.3) is 11.1 Å². The molecule has 0 aliphatic carbocycles. The largest absolute Gasteiger partial charge is 0.464 e. The number of carbonyl (C=O) groups is 1. The van der Waals surface area contributed by atoms with Gasteiger partial charge < -0.3 is 25.0 Å². The summed E-state index contributed by atoms with van der Waals surface area (Å²) in [4.78, 5) is 14.3. The number of benzene rings is 1. The van der Waals surface area contributed by atoms with E-state index in [-0.39, 0.29) is 29.1 Å². The second-order valence-electron chi connectivity index (χ2n) is 4.70. The van der Waals surface area contributed by atoms with Crippen molar-refractivity contribution in [2.24, 2.45) is 0 Å². The lowest BCUT2D eigenvalue weighted by Crippen LogP contribution is -2.03. The van der Waals surface area contributed by atoms with Crippen molar-refractivity contribution in [3.63, 3.8) is 0 Å². The fourth-order valence-corrected chi connectivity index (χ4v) is 3.09. The van der Waals surface area contributed by atoms with Gasteiger partial charge in [-0.05, 0) is 22.3 Å². The third kappa shape index (κ3) is 3.08. The molecule has 0 radical (unpaired) electrons.